The van der Waals surface area contributed by atoms with E-state index in [-0.39, 0.29) is 29.9 Å². The molecule has 1 heterocycles. The van der Waals surface area contributed by atoms with E-state index in [1.54, 1.807) is 0 Å². The van der Waals surface area contributed by atoms with E-state index in [1.165, 1.54) is 0 Å². The quantitative estimate of drug-likeness (QED) is 0.478. The van der Waals surface area contributed by atoms with Gasteiger partial charge >= 0.3 is 0 Å². The zero-order chi connectivity index (χ0) is 11.4. The molecule has 17 heavy (non-hydrogen) atoms. The van der Waals surface area contributed by atoms with Crippen LogP contribution in [-0.2, 0) is 6.54 Å². The topological polar surface area (TPSA) is 82.9 Å². The molecule has 1 aromatic carbocycles. The Hall–Kier alpha value is -1.18. The molecule has 0 atom stereocenters. The summed E-state index contributed by atoms with van der Waals surface area (Å²) in [5, 5.41) is 0. The average molecular weight is 349 g/mol. The number of halogens is 1. The first-order valence-corrected chi connectivity index (χ1v) is 5.19. The Morgan fingerprint density at radius 2 is 1.88 bits per heavy atom. The monoisotopic (exact) mass is 349 g/mol. The minimum atomic E-state index is 0. The second kappa shape index (κ2) is 6.53. The molecule has 4 N–H and O–H groups in total. The maximum atomic E-state index is 5.56. The summed E-state index contributed by atoms with van der Waals surface area (Å²) in [5.74, 6) is 1.64. The van der Waals surface area contributed by atoms with E-state index in [2.05, 4.69) is 4.99 Å². The van der Waals surface area contributed by atoms with Crippen molar-refractivity contribution in [1.82, 2.24) is 0 Å². The molecule has 1 aliphatic heterocycles. The Kier molecular flexibility index (Phi) is 5.33. The van der Waals surface area contributed by atoms with Gasteiger partial charge in [0.2, 0.25) is 0 Å². The Bertz CT molecular complexity index is 406. The lowest BCUT2D eigenvalue weighted by Crippen LogP contribution is -2.22. The first-order valence-electron chi connectivity index (χ1n) is 5.19. The van der Waals surface area contributed by atoms with Crippen LogP contribution in [0, 0.1) is 0 Å². The molecular weight excluding hydrogens is 333 g/mol. The third-order valence-corrected chi connectivity index (χ3v) is 2.26. The van der Waals surface area contributed by atoms with Gasteiger partial charge in [-0.1, -0.05) is 6.07 Å². The van der Waals surface area contributed by atoms with Crippen LogP contribution in [0.5, 0.6) is 11.5 Å². The fourth-order valence-corrected chi connectivity index (χ4v) is 1.49. The van der Waals surface area contributed by atoms with Gasteiger partial charge in [0.25, 0.3) is 0 Å². The van der Waals surface area contributed by atoms with Crippen molar-refractivity contribution in [3.8, 4) is 11.5 Å². The summed E-state index contributed by atoms with van der Waals surface area (Å²) >= 11 is 0. The second-order valence-electron chi connectivity index (χ2n) is 3.57. The van der Waals surface area contributed by atoms with E-state index >= 15 is 0 Å². The van der Waals surface area contributed by atoms with Crippen molar-refractivity contribution < 1.29 is 9.47 Å². The predicted octanol–water partition coefficient (Wildman–Crippen LogP) is 1.24. The molecule has 0 unspecified atom stereocenters. The largest absolute Gasteiger partial charge is 0.490 e. The number of hydrogen-bond acceptors (Lipinski definition) is 3. The molecule has 1 aromatic rings. The molecular formula is C11H16IN3O2. The van der Waals surface area contributed by atoms with Crippen LogP contribution in [0.3, 0.4) is 0 Å². The number of nitrogens with two attached hydrogens (primary N) is 2. The maximum Gasteiger partial charge on any atom is 0.186 e. The molecule has 2 rings (SSSR count). The SMILES string of the molecule is I.NC(N)=NCc1ccc2c(c1)OCCCO2. The van der Waals surface area contributed by atoms with E-state index in [0.717, 1.165) is 23.5 Å². The molecule has 1 aliphatic rings. The summed E-state index contributed by atoms with van der Waals surface area (Å²) in [5.41, 5.74) is 11.5. The molecule has 0 saturated heterocycles. The van der Waals surface area contributed by atoms with E-state index in [1.807, 2.05) is 18.2 Å². The summed E-state index contributed by atoms with van der Waals surface area (Å²) < 4.78 is 11.1. The van der Waals surface area contributed by atoms with E-state index in [4.69, 9.17) is 20.9 Å². The lowest BCUT2D eigenvalue weighted by molar-refractivity contribution is 0.297. The van der Waals surface area contributed by atoms with Crippen molar-refractivity contribution in [2.24, 2.45) is 16.5 Å². The van der Waals surface area contributed by atoms with E-state index in [0.29, 0.717) is 19.8 Å². The minimum Gasteiger partial charge on any atom is -0.490 e. The lowest BCUT2D eigenvalue weighted by Gasteiger charge is -2.08. The van der Waals surface area contributed by atoms with Crippen LogP contribution >= 0.6 is 24.0 Å². The summed E-state index contributed by atoms with van der Waals surface area (Å²) in [7, 11) is 0. The highest BCUT2D eigenvalue weighted by molar-refractivity contribution is 14.0. The van der Waals surface area contributed by atoms with Crippen molar-refractivity contribution in [3.63, 3.8) is 0 Å². The second-order valence-corrected chi connectivity index (χ2v) is 3.57. The van der Waals surface area contributed by atoms with Gasteiger partial charge in [-0.2, -0.15) is 0 Å². The number of guanidine groups is 1. The number of ether oxygens (including phenoxy) is 2. The van der Waals surface area contributed by atoms with Crippen molar-refractivity contribution in [3.05, 3.63) is 23.8 Å². The van der Waals surface area contributed by atoms with Crippen LogP contribution in [0.25, 0.3) is 0 Å². The third kappa shape index (κ3) is 3.95. The zero-order valence-corrected chi connectivity index (χ0v) is 11.7. The average Bonchev–Trinajstić information content (AvgIpc) is 2.50. The molecule has 0 fully saturated rings. The molecule has 0 amide bonds. The molecule has 0 saturated carbocycles. The number of benzene rings is 1. The molecule has 0 radical (unpaired) electrons. The Labute approximate surface area is 117 Å². The van der Waals surface area contributed by atoms with Crippen LogP contribution in [0.2, 0.25) is 0 Å². The Morgan fingerprint density at radius 1 is 1.18 bits per heavy atom. The van der Waals surface area contributed by atoms with E-state index < -0.39 is 0 Å². The molecule has 94 valence electrons. The van der Waals surface area contributed by atoms with Crippen molar-refractivity contribution >= 4 is 29.9 Å². The van der Waals surface area contributed by atoms with E-state index in [9.17, 15) is 0 Å². The van der Waals surface area contributed by atoms with Gasteiger partial charge in [-0.15, -0.1) is 24.0 Å². The summed E-state index contributed by atoms with van der Waals surface area (Å²) in [4.78, 5) is 3.94. The van der Waals surface area contributed by atoms with Gasteiger partial charge < -0.3 is 20.9 Å². The highest BCUT2D eigenvalue weighted by Crippen LogP contribution is 2.30. The molecule has 5 nitrogen and oxygen atoms in total. The fraction of sp³-hybridized carbons (Fsp3) is 0.364. The molecule has 0 aliphatic carbocycles. The van der Waals surface area contributed by atoms with Crippen LogP contribution in [0.4, 0.5) is 0 Å². The molecule has 6 heteroatoms. The number of fused-ring (bicyclic) bond motifs is 1. The normalized spacial score (nSPS) is 13.2. The third-order valence-electron chi connectivity index (χ3n) is 2.26. The first-order chi connectivity index (χ1) is 7.75. The number of nitrogens with zero attached hydrogens (tertiary/aromatic N) is 1. The van der Waals surface area contributed by atoms with Gasteiger partial charge in [-0.3, -0.25) is 0 Å². The fourth-order valence-electron chi connectivity index (χ4n) is 1.49. The van der Waals surface area contributed by atoms with Gasteiger partial charge in [-0.25, -0.2) is 4.99 Å². The van der Waals surface area contributed by atoms with Crippen molar-refractivity contribution in [1.29, 1.82) is 0 Å². The summed E-state index contributed by atoms with van der Waals surface area (Å²) in [6.07, 6.45) is 0.901. The number of rotatable bonds is 2. The summed E-state index contributed by atoms with van der Waals surface area (Å²) in [6, 6.07) is 5.73. The van der Waals surface area contributed by atoms with Crippen molar-refractivity contribution in [2.75, 3.05) is 13.2 Å². The van der Waals surface area contributed by atoms with Gasteiger partial charge in [0.05, 0.1) is 19.8 Å². The van der Waals surface area contributed by atoms with Crippen LogP contribution < -0.4 is 20.9 Å². The standard InChI is InChI=1S/C11H15N3O2.HI/c12-11(13)14-7-8-2-3-9-10(6-8)16-5-1-4-15-9;/h2-3,6H,1,4-5,7H2,(H4,12,13,14);1H. The zero-order valence-electron chi connectivity index (χ0n) is 9.39. The predicted molar refractivity (Wildman–Crippen MR) is 77.0 cm³/mol. The smallest absolute Gasteiger partial charge is 0.186 e. The van der Waals surface area contributed by atoms with Gasteiger partial charge in [-0.05, 0) is 17.7 Å². The lowest BCUT2D eigenvalue weighted by atomic mass is 10.2. The van der Waals surface area contributed by atoms with Gasteiger partial charge in [0.1, 0.15) is 0 Å². The molecule has 0 spiro atoms. The molecule has 0 aromatic heterocycles. The van der Waals surface area contributed by atoms with Crippen LogP contribution in [0.1, 0.15) is 12.0 Å². The highest BCUT2D eigenvalue weighted by atomic mass is 127. The first kappa shape index (κ1) is 13.9. The minimum absolute atomic E-state index is 0. The number of hydrogen-bond donors (Lipinski definition) is 2. The van der Waals surface area contributed by atoms with Crippen LogP contribution in [-0.4, -0.2) is 19.2 Å². The Morgan fingerprint density at radius 3 is 2.59 bits per heavy atom. The molecule has 0 bridgehead atoms. The van der Waals surface area contributed by atoms with Crippen molar-refractivity contribution in [2.45, 2.75) is 13.0 Å². The highest BCUT2D eigenvalue weighted by Gasteiger charge is 2.10. The van der Waals surface area contributed by atoms with Gasteiger partial charge in [0.15, 0.2) is 17.5 Å². The Balaban J connectivity index is 0.00000144. The maximum absolute atomic E-state index is 5.56. The van der Waals surface area contributed by atoms with Crippen LogP contribution in [0.15, 0.2) is 23.2 Å². The summed E-state index contributed by atoms with van der Waals surface area (Å²) in [6.45, 7) is 1.83. The number of aliphatic imine (C=N–C) groups is 1. The van der Waals surface area contributed by atoms with Gasteiger partial charge in [0, 0.05) is 6.42 Å².